The fourth-order valence-electron chi connectivity index (χ4n) is 5.56. The number of hydrogen-bond donors (Lipinski definition) is 1. The Hall–Kier alpha value is -1.40. The third kappa shape index (κ3) is 2.83. The number of aryl methyl sites for hydroxylation is 1. The maximum Gasteiger partial charge on any atom is 0.251 e. The van der Waals surface area contributed by atoms with Crippen LogP contribution in [0.1, 0.15) is 62.4 Å². The lowest BCUT2D eigenvalue weighted by molar-refractivity contribution is 0.0737. The maximum atomic E-state index is 13.0. The Balaban J connectivity index is 1.61. The van der Waals surface area contributed by atoms with E-state index in [0.29, 0.717) is 30.1 Å². The second-order valence-corrected chi connectivity index (χ2v) is 11.5. The molecule has 0 spiro atoms. The molecule has 1 aliphatic heterocycles. The largest absolute Gasteiger partial charge is 0.348 e. The Morgan fingerprint density at radius 2 is 1.93 bits per heavy atom. The van der Waals surface area contributed by atoms with Crippen molar-refractivity contribution in [2.75, 3.05) is 13.1 Å². The first-order valence-electron chi connectivity index (χ1n) is 9.97. The highest BCUT2D eigenvalue weighted by molar-refractivity contribution is 7.89. The number of amides is 1. The summed E-state index contributed by atoms with van der Waals surface area (Å²) in [6.07, 6.45) is 4.44. The Labute approximate surface area is 162 Å². The zero-order chi connectivity index (χ0) is 19.6. The van der Waals surface area contributed by atoms with Crippen LogP contribution < -0.4 is 5.32 Å². The monoisotopic (exact) mass is 390 g/mol. The third-order valence-corrected chi connectivity index (χ3v) is 9.47. The molecule has 3 atom stereocenters. The molecule has 3 fully saturated rings. The highest BCUT2D eigenvalue weighted by Crippen LogP contribution is 2.62. The maximum absolute atomic E-state index is 13.0. The number of rotatable bonds is 4. The zero-order valence-corrected chi connectivity index (χ0v) is 17.5. The number of benzene rings is 1. The molecule has 148 valence electrons. The van der Waals surface area contributed by atoms with Gasteiger partial charge in [0.05, 0.1) is 4.90 Å². The Morgan fingerprint density at radius 1 is 1.22 bits per heavy atom. The van der Waals surface area contributed by atoms with Gasteiger partial charge in [-0.15, -0.1) is 0 Å². The van der Waals surface area contributed by atoms with Crippen LogP contribution in [0.2, 0.25) is 0 Å². The molecule has 6 heteroatoms. The van der Waals surface area contributed by atoms with Crippen molar-refractivity contribution in [3.63, 3.8) is 0 Å². The van der Waals surface area contributed by atoms with Gasteiger partial charge in [0.25, 0.3) is 5.91 Å². The van der Waals surface area contributed by atoms with Crippen LogP contribution in [0.15, 0.2) is 23.1 Å². The summed E-state index contributed by atoms with van der Waals surface area (Å²) >= 11 is 0. The van der Waals surface area contributed by atoms with Crippen molar-refractivity contribution in [2.45, 2.75) is 64.3 Å². The Bertz CT molecular complexity index is 884. The molecule has 1 aromatic rings. The summed E-state index contributed by atoms with van der Waals surface area (Å²) in [7, 11) is -3.51. The minimum absolute atomic E-state index is 0.0693. The van der Waals surface area contributed by atoms with Gasteiger partial charge in [0.1, 0.15) is 0 Å². The van der Waals surface area contributed by atoms with Crippen molar-refractivity contribution in [1.29, 1.82) is 0 Å². The van der Waals surface area contributed by atoms with Crippen molar-refractivity contribution >= 4 is 15.9 Å². The molecule has 1 amide bonds. The summed E-state index contributed by atoms with van der Waals surface area (Å²) in [5.74, 6) is 0.482. The van der Waals surface area contributed by atoms with Gasteiger partial charge in [0.15, 0.2) is 0 Å². The Morgan fingerprint density at radius 3 is 2.48 bits per heavy atom. The molecule has 2 bridgehead atoms. The molecule has 1 saturated heterocycles. The topological polar surface area (TPSA) is 66.5 Å². The molecular formula is C21H30N2O3S. The van der Waals surface area contributed by atoms with Crippen LogP contribution in [0, 0.1) is 23.7 Å². The van der Waals surface area contributed by atoms with E-state index in [2.05, 4.69) is 26.1 Å². The van der Waals surface area contributed by atoms with Crippen LogP contribution in [-0.4, -0.2) is 37.8 Å². The summed E-state index contributed by atoms with van der Waals surface area (Å²) < 4.78 is 27.1. The van der Waals surface area contributed by atoms with Gasteiger partial charge in [0, 0.05) is 24.7 Å². The van der Waals surface area contributed by atoms with Crippen molar-refractivity contribution in [3.8, 4) is 0 Å². The summed E-state index contributed by atoms with van der Waals surface area (Å²) in [5, 5.41) is 3.27. The van der Waals surface area contributed by atoms with Crippen molar-refractivity contribution in [1.82, 2.24) is 9.62 Å². The molecule has 5 nitrogen and oxygen atoms in total. The number of nitrogens with one attached hydrogen (secondary N) is 1. The second kappa shape index (κ2) is 6.05. The van der Waals surface area contributed by atoms with Crippen LogP contribution in [0.5, 0.6) is 0 Å². The lowest BCUT2D eigenvalue weighted by Crippen LogP contribution is -2.52. The van der Waals surface area contributed by atoms with E-state index in [1.54, 1.807) is 25.1 Å². The molecule has 2 saturated carbocycles. The van der Waals surface area contributed by atoms with Crippen molar-refractivity contribution in [3.05, 3.63) is 29.3 Å². The molecule has 1 heterocycles. The molecule has 2 aliphatic carbocycles. The van der Waals surface area contributed by atoms with Gasteiger partial charge in [-0.2, -0.15) is 4.31 Å². The molecule has 3 unspecified atom stereocenters. The van der Waals surface area contributed by atoms with Crippen LogP contribution in [-0.2, 0) is 10.0 Å². The fraction of sp³-hybridized carbons (Fsp3) is 0.667. The van der Waals surface area contributed by atoms with E-state index >= 15 is 0 Å². The molecule has 1 N–H and O–H groups in total. The van der Waals surface area contributed by atoms with E-state index in [4.69, 9.17) is 0 Å². The van der Waals surface area contributed by atoms with Crippen molar-refractivity contribution < 1.29 is 13.2 Å². The molecule has 3 aliphatic rings. The minimum atomic E-state index is -3.51. The second-order valence-electron chi connectivity index (χ2n) is 9.56. The van der Waals surface area contributed by atoms with E-state index in [1.165, 1.54) is 10.7 Å². The molecule has 4 rings (SSSR count). The van der Waals surface area contributed by atoms with Gasteiger partial charge in [0.2, 0.25) is 10.0 Å². The number of carbonyl (C=O) groups is 1. The molecule has 0 radical (unpaired) electrons. The Kier molecular flexibility index (Phi) is 4.24. The molecule has 27 heavy (non-hydrogen) atoms. The van der Waals surface area contributed by atoms with Gasteiger partial charge in [-0.25, -0.2) is 8.42 Å². The number of sulfonamides is 1. The molecule has 0 aromatic heterocycles. The van der Waals surface area contributed by atoms with Crippen LogP contribution >= 0.6 is 0 Å². The fourth-order valence-corrected chi connectivity index (χ4v) is 7.33. The van der Waals surface area contributed by atoms with Gasteiger partial charge in [-0.3, -0.25) is 4.79 Å². The van der Waals surface area contributed by atoms with Gasteiger partial charge >= 0.3 is 0 Å². The van der Waals surface area contributed by atoms with E-state index in [9.17, 15) is 13.2 Å². The van der Waals surface area contributed by atoms with E-state index in [0.717, 1.165) is 19.3 Å². The smallest absolute Gasteiger partial charge is 0.251 e. The van der Waals surface area contributed by atoms with E-state index in [1.807, 2.05) is 0 Å². The first-order valence-corrected chi connectivity index (χ1v) is 11.4. The quantitative estimate of drug-likeness (QED) is 0.857. The predicted molar refractivity (Wildman–Crippen MR) is 105 cm³/mol. The summed E-state index contributed by atoms with van der Waals surface area (Å²) in [6.45, 7) is 9.70. The number of nitrogens with zero attached hydrogens (tertiary/aromatic N) is 1. The van der Waals surface area contributed by atoms with Crippen LogP contribution in [0.3, 0.4) is 0 Å². The zero-order valence-electron chi connectivity index (χ0n) is 16.7. The van der Waals surface area contributed by atoms with Gasteiger partial charge in [-0.05, 0) is 67.1 Å². The van der Waals surface area contributed by atoms with Crippen molar-refractivity contribution in [2.24, 2.45) is 16.7 Å². The van der Waals surface area contributed by atoms with Gasteiger partial charge in [-0.1, -0.05) is 26.8 Å². The SMILES string of the molecule is Cc1ccc(C(=O)NC2C3(C)CCC(C3)C2(C)C)cc1S(=O)(=O)N1CCC1. The van der Waals surface area contributed by atoms with E-state index in [-0.39, 0.29) is 27.7 Å². The van der Waals surface area contributed by atoms with E-state index < -0.39 is 10.0 Å². The highest BCUT2D eigenvalue weighted by atomic mass is 32.2. The first kappa shape index (κ1) is 18.9. The number of hydrogen-bond acceptors (Lipinski definition) is 3. The predicted octanol–water partition coefficient (Wildman–Crippen LogP) is 3.33. The van der Waals surface area contributed by atoms with Crippen LogP contribution in [0.25, 0.3) is 0 Å². The highest BCUT2D eigenvalue weighted by Gasteiger charge is 2.59. The lowest BCUT2D eigenvalue weighted by atomic mass is 9.68. The van der Waals surface area contributed by atoms with Gasteiger partial charge < -0.3 is 5.32 Å². The van der Waals surface area contributed by atoms with Crippen LogP contribution in [0.4, 0.5) is 0 Å². The normalized spacial score (nSPS) is 32.3. The summed E-state index contributed by atoms with van der Waals surface area (Å²) in [6, 6.07) is 5.16. The standard InChI is InChI=1S/C21H30N2O3S/c1-14-6-7-15(12-17(14)27(25,26)23-10-5-11-23)18(24)22-19-20(2,3)16-8-9-21(19,4)13-16/h6-7,12,16,19H,5,8-11,13H2,1-4H3,(H,22,24). The third-order valence-electron chi connectivity index (χ3n) is 7.43. The molecule has 1 aromatic carbocycles. The first-order chi connectivity index (χ1) is 12.6. The molecular weight excluding hydrogens is 360 g/mol. The minimum Gasteiger partial charge on any atom is -0.348 e. The number of carbonyl (C=O) groups excluding carboxylic acids is 1. The average Bonchev–Trinajstić information content (AvgIpc) is 3.00. The number of fused-ring (bicyclic) bond motifs is 2. The lowest BCUT2D eigenvalue weighted by Gasteiger charge is -2.43. The summed E-state index contributed by atoms with van der Waals surface area (Å²) in [4.78, 5) is 13.3. The summed E-state index contributed by atoms with van der Waals surface area (Å²) in [5.41, 5.74) is 1.33. The average molecular weight is 391 g/mol.